The van der Waals surface area contributed by atoms with Crippen LogP contribution in [0.25, 0.3) is 10.1 Å². The van der Waals surface area contributed by atoms with Crippen LogP contribution >= 0.6 is 11.3 Å². The zero-order chi connectivity index (χ0) is 10.1. The third kappa shape index (κ3) is 1.26. The first-order valence-corrected chi connectivity index (χ1v) is 4.83. The normalized spacial score (nSPS) is 10.4. The van der Waals surface area contributed by atoms with Gasteiger partial charge in [-0.1, -0.05) is 0 Å². The lowest BCUT2D eigenvalue weighted by Gasteiger charge is -1.99. The lowest BCUT2D eigenvalue weighted by Crippen LogP contribution is -1.90. The van der Waals surface area contributed by atoms with Crippen LogP contribution in [0, 0.1) is 23.0 Å². The van der Waals surface area contributed by atoms with Crippen LogP contribution in [-0.2, 0) is 6.42 Å². The van der Waals surface area contributed by atoms with E-state index in [4.69, 9.17) is 5.26 Å². The largest absolute Gasteiger partial charge is 0.207 e. The van der Waals surface area contributed by atoms with Crippen LogP contribution in [0.5, 0.6) is 0 Å². The van der Waals surface area contributed by atoms with E-state index < -0.39 is 11.6 Å². The minimum atomic E-state index is -0.517. The summed E-state index contributed by atoms with van der Waals surface area (Å²) in [4.78, 5) is 0. The summed E-state index contributed by atoms with van der Waals surface area (Å²) in [7, 11) is 0. The van der Waals surface area contributed by atoms with Gasteiger partial charge in [0.1, 0.15) is 11.6 Å². The van der Waals surface area contributed by atoms with Gasteiger partial charge in [0.2, 0.25) is 0 Å². The predicted octanol–water partition coefficient (Wildman–Crippen LogP) is 3.25. The molecule has 0 saturated carbocycles. The van der Waals surface area contributed by atoms with E-state index in [2.05, 4.69) is 0 Å². The van der Waals surface area contributed by atoms with Crippen LogP contribution in [0.1, 0.15) is 5.56 Å². The van der Waals surface area contributed by atoms with Gasteiger partial charge < -0.3 is 0 Å². The Labute approximate surface area is 83.2 Å². The van der Waals surface area contributed by atoms with Crippen molar-refractivity contribution in [2.24, 2.45) is 0 Å². The number of thiophene rings is 1. The topological polar surface area (TPSA) is 23.8 Å². The van der Waals surface area contributed by atoms with Crippen LogP contribution in [0.3, 0.4) is 0 Å². The first-order valence-electron chi connectivity index (χ1n) is 3.95. The van der Waals surface area contributed by atoms with Gasteiger partial charge in [0.25, 0.3) is 0 Å². The average molecular weight is 209 g/mol. The number of hydrogen-bond donors (Lipinski definition) is 0. The van der Waals surface area contributed by atoms with E-state index in [1.807, 2.05) is 6.07 Å². The molecule has 1 heterocycles. The van der Waals surface area contributed by atoms with E-state index in [0.29, 0.717) is 4.70 Å². The lowest BCUT2D eigenvalue weighted by molar-refractivity contribution is 0.612. The van der Waals surface area contributed by atoms with Crippen LogP contribution in [0.2, 0.25) is 0 Å². The molecule has 0 aliphatic heterocycles. The molecule has 0 bridgehead atoms. The van der Waals surface area contributed by atoms with Gasteiger partial charge in [-0.2, -0.15) is 5.26 Å². The molecule has 0 aliphatic carbocycles. The van der Waals surface area contributed by atoms with E-state index in [9.17, 15) is 8.78 Å². The van der Waals surface area contributed by atoms with E-state index in [1.165, 1.54) is 28.8 Å². The quantitative estimate of drug-likeness (QED) is 0.707. The van der Waals surface area contributed by atoms with Crippen LogP contribution in [0.4, 0.5) is 8.78 Å². The van der Waals surface area contributed by atoms with Gasteiger partial charge in [-0.15, -0.1) is 11.3 Å². The Bertz CT molecular complexity index is 525. The monoisotopic (exact) mass is 209 g/mol. The summed E-state index contributed by atoms with van der Waals surface area (Å²) in [5, 5.41) is 10.1. The molecule has 1 nitrogen and oxygen atoms in total. The summed E-state index contributed by atoms with van der Waals surface area (Å²) in [6.45, 7) is 0. The van der Waals surface area contributed by atoms with Crippen molar-refractivity contribution in [3.63, 3.8) is 0 Å². The van der Waals surface area contributed by atoms with Gasteiger partial charge in [-0.05, 0) is 12.1 Å². The maximum absolute atomic E-state index is 13.3. The van der Waals surface area contributed by atoms with Crippen molar-refractivity contribution >= 4 is 21.4 Å². The van der Waals surface area contributed by atoms with Crippen molar-refractivity contribution in [3.8, 4) is 6.07 Å². The van der Waals surface area contributed by atoms with Gasteiger partial charge in [-0.3, -0.25) is 0 Å². The molecule has 2 aromatic rings. The molecule has 14 heavy (non-hydrogen) atoms. The minimum absolute atomic E-state index is 0.100. The molecule has 0 unspecified atom stereocenters. The maximum atomic E-state index is 13.3. The Hall–Kier alpha value is -1.47. The Morgan fingerprint density at radius 1 is 1.29 bits per heavy atom. The Morgan fingerprint density at radius 2 is 2.07 bits per heavy atom. The van der Waals surface area contributed by atoms with Crippen LogP contribution in [0.15, 0.2) is 17.5 Å². The van der Waals surface area contributed by atoms with Crippen LogP contribution in [-0.4, -0.2) is 0 Å². The predicted molar refractivity (Wildman–Crippen MR) is 51.1 cm³/mol. The fourth-order valence-electron chi connectivity index (χ4n) is 1.39. The molecular formula is C10H5F2NS. The molecule has 0 saturated heterocycles. The third-order valence-electron chi connectivity index (χ3n) is 2.00. The zero-order valence-electron chi connectivity index (χ0n) is 7.05. The highest BCUT2D eigenvalue weighted by Gasteiger charge is 2.12. The summed E-state index contributed by atoms with van der Waals surface area (Å²) in [6.07, 6.45) is -0.100. The molecule has 0 radical (unpaired) electrons. The molecule has 0 atom stereocenters. The van der Waals surface area contributed by atoms with Gasteiger partial charge in [-0.25, -0.2) is 8.78 Å². The van der Waals surface area contributed by atoms with Crippen LogP contribution < -0.4 is 0 Å². The molecule has 0 amide bonds. The zero-order valence-corrected chi connectivity index (χ0v) is 7.87. The Morgan fingerprint density at radius 3 is 2.79 bits per heavy atom. The molecule has 0 aliphatic rings. The van der Waals surface area contributed by atoms with Crippen molar-refractivity contribution in [2.75, 3.05) is 0 Å². The fourth-order valence-corrected chi connectivity index (χ4v) is 2.22. The number of rotatable bonds is 1. The Balaban J connectivity index is 2.81. The molecule has 1 aromatic carbocycles. The number of hydrogen-bond acceptors (Lipinski definition) is 2. The van der Waals surface area contributed by atoms with E-state index in [-0.39, 0.29) is 17.4 Å². The summed E-state index contributed by atoms with van der Waals surface area (Å²) in [6, 6.07) is 4.63. The molecule has 2 rings (SSSR count). The number of benzene rings is 1. The highest BCUT2D eigenvalue weighted by Crippen LogP contribution is 2.29. The van der Waals surface area contributed by atoms with E-state index >= 15 is 0 Å². The number of nitriles is 1. The SMILES string of the molecule is N#CCc1c(F)ccc2scc(F)c12. The molecule has 1 aromatic heterocycles. The van der Waals surface area contributed by atoms with Crippen molar-refractivity contribution < 1.29 is 8.78 Å². The van der Waals surface area contributed by atoms with E-state index in [1.54, 1.807) is 0 Å². The standard InChI is InChI=1S/C10H5F2NS/c11-7-1-2-9-10(6(7)3-4-13)8(12)5-14-9/h1-2,5H,3H2. The summed E-state index contributed by atoms with van der Waals surface area (Å²) in [5.41, 5.74) is 0.156. The van der Waals surface area contributed by atoms with Gasteiger partial charge >= 0.3 is 0 Å². The molecule has 70 valence electrons. The van der Waals surface area contributed by atoms with E-state index in [0.717, 1.165) is 0 Å². The molecule has 0 fully saturated rings. The first-order chi connectivity index (χ1) is 6.74. The second-order valence-electron chi connectivity index (χ2n) is 2.82. The lowest BCUT2D eigenvalue weighted by atomic mass is 10.1. The summed E-state index contributed by atoms with van der Waals surface area (Å²) in [5.74, 6) is -0.967. The van der Waals surface area contributed by atoms with Crippen molar-refractivity contribution in [1.82, 2.24) is 0 Å². The highest BCUT2D eigenvalue weighted by atomic mass is 32.1. The van der Waals surface area contributed by atoms with Crippen molar-refractivity contribution in [2.45, 2.75) is 6.42 Å². The third-order valence-corrected chi connectivity index (χ3v) is 2.92. The second-order valence-corrected chi connectivity index (χ2v) is 3.73. The minimum Gasteiger partial charge on any atom is -0.207 e. The smallest absolute Gasteiger partial charge is 0.142 e. The average Bonchev–Trinajstić information content (AvgIpc) is 2.53. The summed E-state index contributed by atoms with van der Waals surface area (Å²) >= 11 is 1.21. The first kappa shape index (κ1) is 9.10. The maximum Gasteiger partial charge on any atom is 0.142 e. The summed E-state index contributed by atoms with van der Waals surface area (Å²) < 4.78 is 27.2. The fraction of sp³-hybridized carbons (Fsp3) is 0.100. The second kappa shape index (κ2) is 3.35. The Kier molecular flexibility index (Phi) is 2.18. The number of halogens is 2. The molecule has 0 N–H and O–H groups in total. The van der Waals surface area contributed by atoms with Gasteiger partial charge in [0, 0.05) is 21.0 Å². The number of nitrogens with zero attached hydrogens (tertiary/aromatic N) is 1. The molecule has 4 heteroatoms. The van der Waals surface area contributed by atoms with Gasteiger partial charge in [0.15, 0.2) is 0 Å². The van der Waals surface area contributed by atoms with Crippen molar-refractivity contribution in [3.05, 3.63) is 34.7 Å². The van der Waals surface area contributed by atoms with Crippen molar-refractivity contribution in [1.29, 1.82) is 5.26 Å². The number of fused-ring (bicyclic) bond motifs is 1. The molecular weight excluding hydrogens is 204 g/mol. The van der Waals surface area contributed by atoms with Gasteiger partial charge in [0.05, 0.1) is 12.5 Å². The molecule has 0 spiro atoms. The highest BCUT2D eigenvalue weighted by molar-refractivity contribution is 7.17.